The lowest BCUT2D eigenvalue weighted by molar-refractivity contribution is -0.151. The van der Waals surface area contributed by atoms with Crippen LogP contribution in [0.5, 0.6) is 11.5 Å². The minimum atomic E-state index is -0.785. The predicted octanol–water partition coefficient (Wildman–Crippen LogP) is 5.25. The number of hydrogen-bond donors (Lipinski definition) is 1. The highest BCUT2D eigenvalue weighted by atomic mass is 35.5. The third-order valence-electron chi connectivity index (χ3n) is 6.62. The first kappa shape index (κ1) is 24.0. The minimum Gasteiger partial charge on any atom is -0.489 e. The second-order valence-electron chi connectivity index (χ2n) is 9.36. The van der Waals surface area contributed by atoms with Gasteiger partial charge < -0.3 is 14.6 Å². The summed E-state index contributed by atoms with van der Waals surface area (Å²) in [5.74, 6) is 0.615. The van der Waals surface area contributed by atoms with E-state index in [1.165, 1.54) is 0 Å². The van der Waals surface area contributed by atoms with Crippen molar-refractivity contribution in [1.29, 1.82) is 0 Å². The number of carboxylic acids is 1. The Hall–Kier alpha value is -2.74. The average Bonchev–Trinajstić information content (AvgIpc) is 3.16. The second-order valence-corrected chi connectivity index (χ2v) is 10.0. The summed E-state index contributed by atoms with van der Waals surface area (Å²) in [6.45, 7) is 6.17. The largest absolute Gasteiger partial charge is 0.489 e. The van der Waals surface area contributed by atoms with Crippen LogP contribution in [0.15, 0.2) is 42.0 Å². The molecular weight excluding hydrogens is 489 g/mol. The quantitative estimate of drug-likeness (QED) is 0.413. The molecular formula is C26H27Cl2N3O4. The van der Waals surface area contributed by atoms with Gasteiger partial charge in [0.1, 0.15) is 24.7 Å². The molecule has 3 aromatic rings. The lowest BCUT2D eigenvalue weighted by Gasteiger charge is -2.45. The van der Waals surface area contributed by atoms with Gasteiger partial charge in [-0.25, -0.2) is 0 Å². The van der Waals surface area contributed by atoms with Crippen LogP contribution in [0, 0.1) is 5.92 Å². The van der Waals surface area contributed by atoms with E-state index in [2.05, 4.69) is 29.9 Å². The highest BCUT2D eigenvalue weighted by molar-refractivity contribution is 6.34. The van der Waals surface area contributed by atoms with Crippen molar-refractivity contribution in [1.82, 2.24) is 14.7 Å². The van der Waals surface area contributed by atoms with Crippen LogP contribution in [-0.4, -0.2) is 57.4 Å². The molecule has 0 spiro atoms. The van der Waals surface area contributed by atoms with Gasteiger partial charge in [0, 0.05) is 48.1 Å². The van der Waals surface area contributed by atoms with Crippen LogP contribution in [0.1, 0.15) is 31.0 Å². The van der Waals surface area contributed by atoms with Crippen molar-refractivity contribution < 1.29 is 19.4 Å². The number of rotatable bonds is 8. The maximum atomic E-state index is 11.3. The van der Waals surface area contributed by atoms with E-state index in [-0.39, 0.29) is 12.1 Å². The number of aromatic nitrogens is 2. The van der Waals surface area contributed by atoms with Crippen LogP contribution in [0.3, 0.4) is 0 Å². The van der Waals surface area contributed by atoms with Crippen LogP contribution in [0.2, 0.25) is 5.15 Å². The van der Waals surface area contributed by atoms with Gasteiger partial charge in [0.15, 0.2) is 5.15 Å². The van der Waals surface area contributed by atoms with E-state index in [4.69, 9.17) is 32.7 Å². The smallest absolute Gasteiger partial charge is 0.309 e. The van der Waals surface area contributed by atoms with Gasteiger partial charge in [0.25, 0.3) is 0 Å². The predicted molar refractivity (Wildman–Crippen MR) is 137 cm³/mol. The topological polar surface area (TPSA) is 76.8 Å². The van der Waals surface area contributed by atoms with Gasteiger partial charge in [-0.05, 0) is 55.3 Å². The summed E-state index contributed by atoms with van der Waals surface area (Å²) in [7, 11) is 0. The van der Waals surface area contributed by atoms with Crippen molar-refractivity contribution in [3.63, 3.8) is 0 Å². The lowest BCUT2D eigenvalue weighted by atomic mass is 9.89. The van der Waals surface area contributed by atoms with E-state index in [1.807, 2.05) is 41.1 Å². The third kappa shape index (κ3) is 4.73. The van der Waals surface area contributed by atoms with Crippen LogP contribution >= 0.6 is 23.2 Å². The SMILES string of the molecule is CC(C)n1nc(Cl)c2cc(COc3ccc4c(c3)OCC(CN3CC(C(=O)O)C3CCl)=C4)ccc21. The summed E-state index contributed by atoms with van der Waals surface area (Å²) in [5, 5.41) is 15.1. The molecule has 3 heterocycles. The van der Waals surface area contributed by atoms with E-state index in [9.17, 15) is 9.90 Å². The van der Waals surface area contributed by atoms with Crippen LogP contribution < -0.4 is 9.47 Å². The molecule has 2 aliphatic heterocycles. The Bertz CT molecular complexity index is 1300. The Morgan fingerprint density at radius 1 is 1.29 bits per heavy atom. The van der Waals surface area contributed by atoms with E-state index < -0.39 is 11.9 Å². The van der Waals surface area contributed by atoms with Crippen LogP contribution in [-0.2, 0) is 11.4 Å². The molecule has 9 heteroatoms. The molecule has 1 aromatic heterocycles. The first-order chi connectivity index (χ1) is 16.8. The standard InChI is InChI=1S/C26H27Cl2N3O4/c1-15(2)31-22-6-3-16(8-20(22)25(28)29-31)13-34-19-5-4-18-7-17(14-35-24(18)9-19)11-30-12-21(26(32)33)23(30)10-27/h3-9,15,21,23H,10-14H2,1-2H3,(H,32,33). The van der Waals surface area contributed by atoms with Gasteiger partial charge in [0.2, 0.25) is 0 Å². The number of hydrogen-bond acceptors (Lipinski definition) is 5. The third-order valence-corrected chi connectivity index (χ3v) is 7.22. The highest BCUT2D eigenvalue weighted by Crippen LogP contribution is 2.33. The van der Waals surface area contributed by atoms with E-state index in [1.54, 1.807) is 0 Å². The fraction of sp³-hybridized carbons (Fsp3) is 0.385. The summed E-state index contributed by atoms with van der Waals surface area (Å²) in [4.78, 5) is 13.4. The number of aliphatic carboxylic acids is 1. The number of carboxylic acid groups (broad SMARTS) is 1. The molecule has 1 saturated heterocycles. The Labute approximate surface area is 213 Å². The minimum absolute atomic E-state index is 0.138. The first-order valence-corrected chi connectivity index (χ1v) is 12.5. The van der Waals surface area contributed by atoms with E-state index in [0.29, 0.717) is 37.3 Å². The van der Waals surface area contributed by atoms with Crippen molar-refractivity contribution in [2.45, 2.75) is 32.5 Å². The Morgan fingerprint density at radius 3 is 2.86 bits per heavy atom. The molecule has 0 radical (unpaired) electrons. The number of ether oxygens (including phenoxy) is 2. The van der Waals surface area contributed by atoms with Crippen molar-refractivity contribution in [2.75, 3.05) is 25.6 Å². The molecule has 2 unspecified atom stereocenters. The van der Waals surface area contributed by atoms with Crippen molar-refractivity contribution >= 4 is 46.2 Å². The van der Waals surface area contributed by atoms with Gasteiger partial charge in [-0.3, -0.25) is 14.4 Å². The molecule has 2 aliphatic rings. The lowest BCUT2D eigenvalue weighted by Crippen LogP contribution is -2.60. The molecule has 5 rings (SSSR count). The zero-order valence-electron chi connectivity index (χ0n) is 19.6. The maximum Gasteiger partial charge on any atom is 0.309 e. The Kier molecular flexibility index (Phi) is 6.66. The number of nitrogens with zero attached hydrogens (tertiary/aromatic N) is 3. The molecule has 0 bridgehead atoms. The molecule has 0 amide bonds. The number of carbonyl (C=O) groups is 1. The fourth-order valence-corrected chi connectivity index (χ4v) is 5.33. The van der Waals surface area contributed by atoms with Gasteiger partial charge in [-0.15, -0.1) is 11.6 Å². The molecule has 2 aromatic carbocycles. The highest BCUT2D eigenvalue weighted by Gasteiger charge is 2.43. The molecule has 2 atom stereocenters. The summed E-state index contributed by atoms with van der Waals surface area (Å²) in [6, 6.07) is 12.0. The number of likely N-dealkylation sites (tertiary alicyclic amines) is 1. The second kappa shape index (κ2) is 9.72. The zero-order valence-corrected chi connectivity index (χ0v) is 21.1. The number of benzene rings is 2. The number of fused-ring (bicyclic) bond motifs is 2. The first-order valence-electron chi connectivity index (χ1n) is 11.6. The number of halogens is 2. The maximum absolute atomic E-state index is 11.3. The van der Waals surface area contributed by atoms with E-state index in [0.717, 1.165) is 39.1 Å². The average molecular weight is 516 g/mol. The fourth-order valence-electron chi connectivity index (χ4n) is 4.69. The summed E-state index contributed by atoms with van der Waals surface area (Å²) >= 11 is 12.3. The van der Waals surface area contributed by atoms with E-state index >= 15 is 0 Å². The number of alkyl halides is 1. The monoisotopic (exact) mass is 515 g/mol. The zero-order chi connectivity index (χ0) is 24.7. The van der Waals surface area contributed by atoms with Gasteiger partial charge in [-0.1, -0.05) is 17.7 Å². The normalized spacial score (nSPS) is 19.7. The molecule has 0 aliphatic carbocycles. The van der Waals surface area contributed by atoms with Crippen molar-refractivity contribution in [3.8, 4) is 11.5 Å². The van der Waals surface area contributed by atoms with Gasteiger partial charge in [-0.2, -0.15) is 5.10 Å². The Balaban J connectivity index is 1.24. The summed E-state index contributed by atoms with van der Waals surface area (Å²) in [6.07, 6.45) is 2.10. The molecule has 1 fully saturated rings. The Morgan fingerprint density at radius 2 is 2.11 bits per heavy atom. The summed E-state index contributed by atoms with van der Waals surface area (Å²) in [5.41, 5.74) is 4.09. The van der Waals surface area contributed by atoms with Crippen molar-refractivity contribution in [2.24, 2.45) is 5.92 Å². The summed E-state index contributed by atoms with van der Waals surface area (Å²) < 4.78 is 13.9. The van der Waals surface area contributed by atoms with Gasteiger partial charge >= 0.3 is 5.97 Å². The molecule has 184 valence electrons. The molecule has 7 nitrogen and oxygen atoms in total. The molecule has 35 heavy (non-hydrogen) atoms. The van der Waals surface area contributed by atoms with Crippen LogP contribution in [0.25, 0.3) is 17.0 Å². The molecule has 1 N–H and O–H groups in total. The molecule has 0 saturated carbocycles. The van der Waals surface area contributed by atoms with Crippen molar-refractivity contribution in [3.05, 3.63) is 58.3 Å². The van der Waals surface area contributed by atoms with Crippen LogP contribution in [0.4, 0.5) is 0 Å². The van der Waals surface area contributed by atoms with Gasteiger partial charge in [0.05, 0.1) is 11.4 Å².